The second kappa shape index (κ2) is 8.75. The molecule has 140 valence electrons. The SMILES string of the molecule is CC(c1cccs1)N(C)Cc1cc(-c2ncccn2)ccc1OCC(=O)O. The molecular formula is C20H21N3O3S. The molecule has 6 nitrogen and oxygen atoms in total. The Morgan fingerprint density at radius 3 is 2.70 bits per heavy atom. The summed E-state index contributed by atoms with van der Waals surface area (Å²) < 4.78 is 5.50. The molecule has 0 saturated carbocycles. The number of hydrogen-bond donors (Lipinski definition) is 1. The van der Waals surface area contributed by atoms with E-state index in [0.29, 0.717) is 18.1 Å². The van der Waals surface area contributed by atoms with Crippen LogP contribution in [0.4, 0.5) is 0 Å². The summed E-state index contributed by atoms with van der Waals surface area (Å²) in [6.45, 7) is 2.38. The van der Waals surface area contributed by atoms with E-state index in [0.717, 1.165) is 11.1 Å². The molecule has 0 spiro atoms. The molecule has 0 aliphatic carbocycles. The zero-order valence-corrected chi connectivity index (χ0v) is 16.0. The highest BCUT2D eigenvalue weighted by atomic mass is 32.1. The number of benzene rings is 1. The number of carboxylic acids is 1. The summed E-state index contributed by atoms with van der Waals surface area (Å²) in [5, 5.41) is 11.0. The van der Waals surface area contributed by atoms with Gasteiger partial charge in [-0.15, -0.1) is 11.3 Å². The van der Waals surface area contributed by atoms with Gasteiger partial charge in [-0.05, 0) is 49.7 Å². The molecule has 1 unspecified atom stereocenters. The molecule has 1 atom stereocenters. The Kier molecular flexibility index (Phi) is 6.16. The number of ether oxygens (including phenoxy) is 1. The molecule has 1 N–H and O–H groups in total. The molecule has 1 aromatic carbocycles. The van der Waals surface area contributed by atoms with E-state index in [1.807, 2.05) is 25.2 Å². The fourth-order valence-corrected chi connectivity index (χ4v) is 3.57. The Labute approximate surface area is 162 Å². The number of carboxylic acid groups (broad SMARTS) is 1. The number of hydrogen-bond acceptors (Lipinski definition) is 6. The second-order valence-electron chi connectivity index (χ2n) is 6.18. The van der Waals surface area contributed by atoms with Crippen molar-refractivity contribution in [2.45, 2.75) is 19.5 Å². The molecule has 0 saturated heterocycles. The van der Waals surface area contributed by atoms with E-state index in [-0.39, 0.29) is 12.6 Å². The first-order valence-electron chi connectivity index (χ1n) is 8.53. The molecule has 0 fully saturated rings. The fourth-order valence-electron chi connectivity index (χ4n) is 2.72. The molecule has 0 radical (unpaired) electrons. The molecule has 0 aliphatic rings. The maximum absolute atomic E-state index is 10.9. The minimum atomic E-state index is -1.00. The standard InChI is InChI=1S/C20H21N3O3S/c1-14(18-5-3-10-27-18)23(2)12-16-11-15(20-21-8-4-9-22-20)6-7-17(16)26-13-19(24)25/h3-11,14H,12-13H2,1-2H3,(H,24,25). The van der Waals surface area contributed by atoms with Crippen LogP contribution in [0.2, 0.25) is 0 Å². The third-order valence-corrected chi connectivity index (χ3v) is 5.31. The Hall–Kier alpha value is -2.77. The molecule has 2 aromatic heterocycles. The Bertz CT molecular complexity index is 885. The van der Waals surface area contributed by atoms with E-state index in [2.05, 4.69) is 33.2 Å². The van der Waals surface area contributed by atoms with Gasteiger partial charge in [0.2, 0.25) is 0 Å². The summed E-state index contributed by atoms with van der Waals surface area (Å²) in [6, 6.07) is 11.7. The van der Waals surface area contributed by atoms with E-state index >= 15 is 0 Å². The largest absolute Gasteiger partial charge is 0.482 e. The van der Waals surface area contributed by atoms with Crippen LogP contribution in [0.1, 0.15) is 23.4 Å². The van der Waals surface area contributed by atoms with Crippen molar-refractivity contribution in [3.8, 4) is 17.1 Å². The van der Waals surface area contributed by atoms with Gasteiger partial charge in [0.25, 0.3) is 0 Å². The predicted molar refractivity (Wildman–Crippen MR) is 105 cm³/mol. The Balaban J connectivity index is 1.87. The highest BCUT2D eigenvalue weighted by molar-refractivity contribution is 7.10. The zero-order valence-electron chi connectivity index (χ0n) is 15.2. The Morgan fingerprint density at radius 2 is 2.04 bits per heavy atom. The number of carbonyl (C=O) groups is 1. The van der Waals surface area contributed by atoms with Crippen LogP contribution in [0.5, 0.6) is 5.75 Å². The van der Waals surface area contributed by atoms with Crippen molar-refractivity contribution >= 4 is 17.3 Å². The first-order chi connectivity index (χ1) is 13.0. The summed E-state index contributed by atoms with van der Waals surface area (Å²) in [7, 11) is 2.04. The van der Waals surface area contributed by atoms with E-state index in [1.54, 1.807) is 35.9 Å². The molecule has 27 heavy (non-hydrogen) atoms. The lowest BCUT2D eigenvalue weighted by Gasteiger charge is -2.25. The van der Waals surface area contributed by atoms with Crippen LogP contribution in [-0.4, -0.2) is 39.6 Å². The first kappa shape index (κ1) is 19.0. The molecule has 3 aromatic rings. The lowest BCUT2D eigenvalue weighted by molar-refractivity contribution is -0.139. The summed E-state index contributed by atoms with van der Waals surface area (Å²) in [5.41, 5.74) is 1.76. The monoisotopic (exact) mass is 383 g/mol. The highest BCUT2D eigenvalue weighted by Crippen LogP contribution is 2.30. The van der Waals surface area contributed by atoms with Crippen LogP contribution >= 0.6 is 11.3 Å². The summed E-state index contributed by atoms with van der Waals surface area (Å²) in [6.07, 6.45) is 3.39. The summed E-state index contributed by atoms with van der Waals surface area (Å²) in [4.78, 5) is 23.0. The van der Waals surface area contributed by atoms with Crippen molar-refractivity contribution in [3.05, 3.63) is 64.6 Å². The molecule has 7 heteroatoms. The van der Waals surface area contributed by atoms with Crippen LogP contribution in [0.25, 0.3) is 11.4 Å². The first-order valence-corrected chi connectivity index (χ1v) is 9.41. The van der Waals surface area contributed by atoms with E-state index in [1.165, 1.54) is 4.88 Å². The van der Waals surface area contributed by atoms with Crippen molar-refractivity contribution in [3.63, 3.8) is 0 Å². The van der Waals surface area contributed by atoms with Crippen LogP contribution < -0.4 is 4.74 Å². The van der Waals surface area contributed by atoms with Crippen molar-refractivity contribution in [1.82, 2.24) is 14.9 Å². The molecule has 3 rings (SSSR count). The summed E-state index contributed by atoms with van der Waals surface area (Å²) >= 11 is 1.72. The van der Waals surface area contributed by atoms with E-state index in [9.17, 15) is 4.79 Å². The fraction of sp³-hybridized carbons (Fsp3) is 0.250. The minimum absolute atomic E-state index is 0.231. The lowest BCUT2D eigenvalue weighted by Crippen LogP contribution is -2.22. The summed E-state index contributed by atoms with van der Waals surface area (Å²) in [5.74, 6) is 0.177. The van der Waals surface area contributed by atoms with Gasteiger partial charge < -0.3 is 9.84 Å². The third-order valence-electron chi connectivity index (χ3n) is 4.27. The average Bonchev–Trinajstić information content (AvgIpc) is 3.21. The van der Waals surface area contributed by atoms with Crippen LogP contribution in [0.15, 0.2) is 54.2 Å². The van der Waals surface area contributed by atoms with Gasteiger partial charge in [-0.1, -0.05) is 6.07 Å². The minimum Gasteiger partial charge on any atom is -0.482 e. The van der Waals surface area contributed by atoms with Gasteiger partial charge in [-0.3, -0.25) is 4.90 Å². The van der Waals surface area contributed by atoms with Crippen molar-refractivity contribution in [1.29, 1.82) is 0 Å². The normalized spacial score (nSPS) is 12.1. The maximum Gasteiger partial charge on any atom is 0.341 e. The molecule has 2 heterocycles. The number of thiophene rings is 1. The van der Waals surface area contributed by atoms with Gasteiger partial charge in [0.15, 0.2) is 12.4 Å². The van der Waals surface area contributed by atoms with Crippen LogP contribution in [0.3, 0.4) is 0 Å². The van der Waals surface area contributed by atoms with Gasteiger partial charge >= 0.3 is 5.97 Å². The smallest absolute Gasteiger partial charge is 0.341 e. The second-order valence-corrected chi connectivity index (χ2v) is 7.16. The van der Waals surface area contributed by atoms with Gasteiger partial charge in [0.05, 0.1) is 0 Å². The van der Waals surface area contributed by atoms with Gasteiger partial charge in [0.1, 0.15) is 5.75 Å². The topological polar surface area (TPSA) is 75.5 Å². The average molecular weight is 383 g/mol. The number of nitrogens with zero attached hydrogens (tertiary/aromatic N) is 3. The number of aromatic nitrogens is 2. The molecular weight excluding hydrogens is 362 g/mol. The number of aliphatic carboxylic acids is 1. The van der Waals surface area contributed by atoms with Crippen molar-refractivity contribution < 1.29 is 14.6 Å². The van der Waals surface area contributed by atoms with Crippen molar-refractivity contribution in [2.24, 2.45) is 0 Å². The van der Waals surface area contributed by atoms with Crippen LogP contribution in [-0.2, 0) is 11.3 Å². The van der Waals surface area contributed by atoms with E-state index < -0.39 is 5.97 Å². The van der Waals surface area contributed by atoms with Gasteiger partial charge in [-0.2, -0.15) is 0 Å². The molecule has 0 amide bonds. The maximum atomic E-state index is 10.9. The van der Waals surface area contributed by atoms with Gasteiger partial charge in [0, 0.05) is 41.0 Å². The van der Waals surface area contributed by atoms with Gasteiger partial charge in [-0.25, -0.2) is 14.8 Å². The quantitative estimate of drug-likeness (QED) is 0.637. The Morgan fingerprint density at radius 1 is 1.26 bits per heavy atom. The predicted octanol–water partition coefficient (Wildman–Crippen LogP) is 3.86. The molecule has 0 aliphatic heterocycles. The zero-order chi connectivity index (χ0) is 19.2. The number of rotatable bonds is 8. The van der Waals surface area contributed by atoms with E-state index in [4.69, 9.17) is 9.84 Å². The van der Waals surface area contributed by atoms with Crippen molar-refractivity contribution in [2.75, 3.05) is 13.7 Å². The third kappa shape index (κ3) is 4.90. The lowest BCUT2D eigenvalue weighted by atomic mass is 10.1. The van der Waals surface area contributed by atoms with Crippen LogP contribution in [0, 0.1) is 0 Å². The molecule has 0 bridgehead atoms. The highest BCUT2D eigenvalue weighted by Gasteiger charge is 2.16.